The number of aromatic nitrogens is 4. The maximum atomic E-state index is 5.58. The number of aryl methyl sites for hydroxylation is 1. The van der Waals surface area contributed by atoms with E-state index >= 15 is 0 Å². The summed E-state index contributed by atoms with van der Waals surface area (Å²) in [5, 5.41) is 10.6. The molecule has 1 aliphatic rings. The molecule has 4 rings (SSSR count). The smallest absolute Gasteiger partial charge is 0.161 e. The third kappa shape index (κ3) is 2.86. The van der Waals surface area contributed by atoms with E-state index in [1.165, 1.54) is 18.4 Å². The van der Waals surface area contributed by atoms with Crippen molar-refractivity contribution in [3.63, 3.8) is 0 Å². The normalized spacial score (nSPS) is 13.5. The number of rotatable bonds is 4. The predicted molar refractivity (Wildman–Crippen MR) is 94.0 cm³/mol. The Kier molecular flexibility index (Phi) is 3.51. The van der Waals surface area contributed by atoms with E-state index in [0.29, 0.717) is 23.1 Å². The number of anilines is 2. The van der Waals surface area contributed by atoms with E-state index in [0.717, 1.165) is 17.1 Å². The average Bonchev–Trinajstić information content (AvgIpc) is 3.35. The van der Waals surface area contributed by atoms with Gasteiger partial charge in [-0.2, -0.15) is 5.10 Å². The van der Waals surface area contributed by atoms with Crippen molar-refractivity contribution in [3.8, 4) is 23.7 Å². The molecule has 2 aromatic heterocycles. The third-order valence-corrected chi connectivity index (χ3v) is 4.12. The van der Waals surface area contributed by atoms with Crippen molar-refractivity contribution >= 4 is 11.6 Å². The highest BCUT2D eigenvalue weighted by Gasteiger charge is 2.25. The topological polar surface area (TPSA) is 66.5 Å². The van der Waals surface area contributed by atoms with Crippen LogP contribution < -0.4 is 5.32 Å². The summed E-state index contributed by atoms with van der Waals surface area (Å²) in [5.74, 6) is 5.19. The maximum absolute atomic E-state index is 5.58. The molecule has 5 heteroatoms. The standard InChI is InChI=1S/C19H17N5/c1-3-13-11-20-18(15-6-4-12(2)5-7-15)22-19(13)21-17-10-16(23-24-17)14-8-9-14/h1,4-7,10-11,14H,8-9H2,2H3,(H2,20,21,22,23,24). The number of terminal acetylenes is 1. The van der Waals surface area contributed by atoms with Crippen LogP contribution in [0.1, 0.15) is 35.6 Å². The van der Waals surface area contributed by atoms with Crippen LogP contribution in [0.3, 0.4) is 0 Å². The van der Waals surface area contributed by atoms with Crippen molar-refractivity contribution in [1.82, 2.24) is 20.2 Å². The van der Waals surface area contributed by atoms with Crippen LogP contribution >= 0.6 is 0 Å². The molecule has 1 aliphatic carbocycles. The fraction of sp³-hybridized carbons (Fsp3) is 0.211. The number of aromatic amines is 1. The van der Waals surface area contributed by atoms with Gasteiger partial charge in [-0.25, -0.2) is 9.97 Å². The molecular formula is C19H17N5. The van der Waals surface area contributed by atoms with Gasteiger partial charge in [-0.05, 0) is 19.8 Å². The van der Waals surface area contributed by atoms with Crippen LogP contribution in [-0.4, -0.2) is 20.2 Å². The summed E-state index contributed by atoms with van der Waals surface area (Å²) in [4.78, 5) is 8.96. The van der Waals surface area contributed by atoms with Crippen LogP contribution in [0.2, 0.25) is 0 Å². The van der Waals surface area contributed by atoms with Crippen LogP contribution in [0.4, 0.5) is 11.6 Å². The second-order valence-corrected chi connectivity index (χ2v) is 6.07. The van der Waals surface area contributed by atoms with E-state index in [9.17, 15) is 0 Å². The Hall–Kier alpha value is -3.13. The van der Waals surface area contributed by atoms with Crippen molar-refractivity contribution < 1.29 is 0 Å². The van der Waals surface area contributed by atoms with Crippen molar-refractivity contribution in [3.05, 3.63) is 53.3 Å². The number of H-pyrrole nitrogens is 1. The molecule has 5 nitrogen and oxygen atoms in total. The Labute approximate surface area is 140 Å². The van der Waals surface area contributed by atoms with E-state index in [1.807, 2.05) is 37.3 Å². The van der Waals surface area contributed by atoms with Crippen LogP contribution in [0, 0.1) is 19.3 Å². The Balaban J connectivity index is 1.66. The molecular weight excluding hydrogens is 298 g/mol. The van der Waals surface area contributed by atoms with Crippen molar-refractivity contribution in [2.24, 2.45) is 0 Å². The van der Waals surface area contributed by atoms with Gasteiger partial charge in [0.25, 0.3) is 0 Å². The molecule has 1 saturated carbocycles. The molecule has 0 unspecified atom stereocenters. The highest BCUT2D eigenvalue weighted by Crippen LogP contribution is 2.39. The zero-order valence-corrected chi connectivity index (χ0v) is 13.4. The lowest BCUT2D eigenvalue weighted by molar-refractivity contribution is 0.966. The third-order valence-electron chi connectivity index (χ3n) is 4.12. The minimum Gasteiger partial charge on any atom is -0.322 e. The fourth-order valence-electron chi connectivity index (χ4n) is 2.55. The molecule has 24 heavy (non-hydrogen) atoms. The second-order valence-electron chi connectivity index (χ2n) is 6.07. The van der Waals surface area contributed by atoms with Crippen molar-refractivity contribution in [2.75, 3.05) is 5.32 Å². The molecule has 2 N–H and O–H groups in total. The molecule has 3 aromatic rings. The first-order valence-corrected chi connectivity index (χ1v) is 7.96. The SMILES string of the molecule is C#Cc1cnc(-c2ccc(C)cc2)nc1Nc1cc(C2CC2)[nH]n1. The predicted octanol–water partition coefficient (Wildman–Crippen LogP) is 3.78. The molecule has 2 heterocycles. The summed E-state index contributed by atoms with van der Waals surface area (Å²) < 4.78 is 0. The Bertz CT molecular complexity index is 914. The Morgan fingerprint density at radius 1 is 1.25 bits per heavy atom. The van der Waals surface area contributed by atoms with Crippen molar-refractivity contribution in [1.29, 1.82) is 0 Å². The Morgan fingerprint density at radius 3 is 2.75 bits per heavy atom. The summed E-state index contributed by atoms with van der Waals surface area (Å²) >= 11 is 0. The van der Waals surface area contributed by atoms with Gasteiger partial charge >= 0.3 is 0 Å². The lowest BCUT2D eigenvalue weighted by Crippen LogP contribution is -2.01. The molecule has 1 fully saturated rings. The summed E-state index contributed by atoms with van der Waals surface area (Å²) in [6.07, 6.45) is 9.69. The number of nitrogens with one attached hydrogen (secondary N) is 2. The first-order chi connectivity index (χ1) is 11.7. The Morgan fingerprint density at radius 2 is 2.04 bits per heavy atom. The van der Waals surface area contributed by atoms with Crippen LogP contribution in [0.5, 0.6) is 0 Å². The fourth-order valence-corrected chi connectivity index (χ4v) is 2.55. The van der Waals surface area contributed by atoms with Gasteiger partial charge in [-0.15, -0.1) is 6.42 Å². The van der Waals surface area contributed by atoms with Crippen LogP contribution in [0.15, 0.2) is 36.5 Å². The minimum atomic E-state index is 0.594. The van der Waals surface area contributed by atoms with Crippen LogP contribution in [-0.2, 0) is 0 Å². The van der Waals surface area contributed by atoms with Gasteiger partial charge < -0.3 is 5.32 Å². The first kappa shape index (κ1) is 14.5. The molecule has 0 atom stereocenters. The van der Waals surface area contributed by atoms with E-state index in [1.54, 1.807) is 6.20 Å². The summed E-state index contributed by atoms with van der Waals surface area (Å²) in [7, 11) is 0. The highest BCUT2D eigenvalue weighted by atomic mass is 15.2. The summed E-state index contributed by atoms with van der Waals surface area (Å²) in [6.45, 7) is 2.05. The lowest BCUT2D eigenvalue weighted by Gasteiger charge is -2.07. The van der Waals surface area contributed by atoms with E-state index < -0.39 is 0 Å². The van der Waals surface area contributed by atoms with Gasteiger partial charge in [-0.3, -0.25) is 5.10 Å². The monoisotopic (exact) mass is 315 g/mol. The van der Waals surface area contributed by atoms with E-state index in [4.69, 9.17) is 6.42 Å². The molecule has 0 amide bonds. The quantitative estimate of drug-likeness (QED) is 0.719. The number of nitrogens with zero attached hydrogens (tertiary/aromatic N) is 3. The largest absolute Gasteiger partial charge is 0.322 e. The zero-order chi connectivity index (χ0) is 16.5. The molecule has 0 bridgehead atoms. The van der Waals surface area contributed by atoms with Crippen molar-refractivity contribution in [2.45, 2.75) is 25.7 Å². The molecule has 0 saturated heterocycles. The van der Waals surface area contributed by atoms with Gasteiger partial charge in [0.1, 0.15) is 0 Å². The number of benzene rings is 1. The lowest BCUT2D eigenvalue weighted by atomic mass is 10.1. The van der Waals surface area contributed by atoms with Gasteiger partial charge in [0.15, 0.2) is 17.5 Å². The number of hydrogen-bond acceptors (Lipinski definition) is 4. The van der Waals surface area contributed by atoms with Crippen LogP contribution in [0.25, 0.3) is 11.4 Å². The maximum Gasteiger partial charge on any atom is 0.161 e. The zero-order valence-electron chi connectivity index (χ0n) is 13.4. The number of hydrogen-bond donors (Lipinski definition) is 2. The van der Waals surface area contributed by atoms with Gasteiger partial charge in [0.05, 0.1) is 5.56 Å². The summed E-state index contributed by atoms with van der Waals surface area (Å²) in [6, 6.07) is 10.1. The molecule has 0 spiro atoms. The van der Waals surface area contributed by atoms with Gasteiger partial charge in [0, 0.05) is 29.4 Å². The van der Waals surface area contributed by atoms with Gasteiger partial charge in [0.2, 0.25) is 0 Å². The van der Waals surface area contributed by atoms with Gasteiger partial charge in [-0.1, -0.05) is 35.7 Å². The summed E-state index contributed by atoms with van der Waals surface area (Å²) in [5.41, 5.74) is 3.92. The molecule has 0 radical (unpaired) electrons. The second kappa shape index (κ2) is 5.82. The van der Waals surface area contributed by atoms with E-state index in [2.05, 4.69) is 31.4 Å². The molecule has 1 aromatic carbocycles. The highest BCUT2D eigenvalue weighted by molar-refractivity contribution is 5.65. The molecule has 0 aliphatic heterocycles. The van der Waals surface area contributed by atoms with E-state index in [-0.39, 0.29) is 0 Å². The first-order valence-electron chi connectivity index (χ1n) is 7.96. The minimum absolute atomic E-state index is 0.594. The molecule has 118 valence electrons. The average molecular weight is 315 g/mol.